The Balaban J connectivity index is 1.52. The van der Waals surface area contributed by atoms with Gasteiger partial charge in [-0.25, -0.2) is 9.97 Å². The Hall–Kier alpha value is -2.63. The summed E-state index contributed by atoms with van der Waals surface area (Å²) in [6.45, 7) is 5.74. The minimum atomic E-state index is 0.0228. The Bertz CT molecular complexity index is 666. The summed E-state index contributed by atoms with van der Waals surface area (Å²) in [5.74, 6) is 0.744. The second-order valence-electron chi connectivity index (χ2n) is 6.23. The van der Waals surface area contributed by atoms with Crippen LogP contribution in [0.3, 0.4) is 0 Å². The molecular formula is C19H25N5O. The molecule has 0 bridgehead atoms. The number of nitrogens with zero attached hydrogens (tertiary/aromatic N) is 4. The van der Waals surface area contributed by atoms with Crippen LogP contribution in [0.2, 0.25) is 0 Å². The largest absolute Gasteiger partial charge is 0.368 e. The number of carbonyl (C=O) groups excluding carboxylic acids is 1. The number of hydrogen-bond acceptors (Lipinski definition) is 5. The predicted molar refractivity (Wildman–Crippen MR) is 101 cm³/mol. The van der Waals surface area contributed by atoms with Gasteiger partial charge in [-0.05, 0) is 18.6 Å². The number of carbonyl (C=O) groups is 1. The van der Waals surface area contributed by atoms with Crippen LogP contribution in [0.15, 0.2) is 42.7 Å². The van der Waals surface area contributed by atoms with Crippen molar-refractivity contribution >= 4 is 23.2 Å². The van der Waals surface area contributed by atoms with Crippen molar-refractivity contribution < 1.29 is 4.79 Å². The molecule has 1 saturated heterocycles. The van der Waals surface area contributed by atoms with Gasteiger partial charge in [0.05, 0.1) is 18.1 Å². The van der Waals surface area contributed by atoms with E-state index in [1.54, 1.807) is 12.4 Å². The minimum absolute atomic E-state index is 0.0228. The number of anilines is 3. The molecule has 0 spiro atoms. The third-order valence-corrected chi connectivity index (χ3v) is 4.36. The van der Waals surface area contributed by atoms with Crippen LogP contribution < -0.4 is 15.1 Å². The summed E-state index contributed by atoms with van der Waals surface area (Å²) in [5, 5.41) is 2.84. The zero-order valence-electron chi connectivity index (χ0n) is 14.7. The van der Waals surface area contributed by atoms with Gasteiger partial charge in [-0.15, -0.1) is 0 Å². The average Bonchev–Trinajstić information content (AvgIpc) is 2.68. The fourth-order valence-corrected chi connectivity index (χ4v) is 2.91. The summed E-state index contributed by atoms with van der Waals surface area (Å²) in [6.07, 6.45) is 5.83. The minimum Gasteiger partial charge on any atom is -0.368 e. The van der Waals surface area contributed by atoms with Gasteiger partial charge in [0, 0.05) is 38.3 Å². The highest BCUT2D eigenvalue weighted by molar-refractivity contribution is 5.90. The predicted octanol–water partition coefficient (Wildman–Crippen LogP) is 2.93. The molecule has 0 saturated carbocycles. The van der Waals surface area contributed by atoms with E-state index in [0.29, 0.717) is 12.1 Å². The van der Waals surface area contributed by atoms with Crippen molar-refractivity contribution in [3.63, 3.8) is 0 Å². The molecule has 1 aromatic carbocycles. The van der Waals surface area contributed by atoms with Crippen LogP contribution in [0.25, 0.3) is 0 Å². The third-order valence-electron chi connectivity index (χ3n) is 4.36. The van der Waals surface area contributed by atoms with E-state index in [1.165, 1.54) is 5.69 Å². The number of piperazine rings is 1. The van der Waals surface area contributed by atoms with Crippen molar-refractivity contribution in [2.45, 2.75) is 26.2 Å². The molecule has 1 aliphatic rings. The zero-order chi connectivity index (χ0) is 17.5. The molecule has 132 valence electrons. The number of benzene rings is 1. The van der Waals surface area contributed by atoms with Crippen LogP contribution in [0.1, 0.15) is 26.2 Å². The molecule has 0 atom stereocenters. The quantitative estimate of drug-likeness (QED) is 0.877. The highest BCUT2D eigenvalue weighted by Crippen LogP contribution is 2.18. The van der Waals surface area contributed by atoms with Gasteiger partial charge in [0.25, 0.3) is 0 Å². The highest BCUT2D eigenvalue weighted by atomic mass is 16.1. The maximum absolute atomic E-state index is 11.7. The van der Waals surface area contributed by atoms with Crippen molar-refractivity contribution in [3.8, 4) is 0 Å². The van der Waals surface area contributed by atoms with Crippen molar-refractivity contribution in [2.24, 2.45) is 0 Å². The van der Waals surface area contributed by atoms with Gasteiger partial charge >= 0.3 is 0 Å². The first kappa shape index (κ1) is 17.2. The molecule has 1 aliphatic heterocycles. The van der Waals surface area contributed by atoms with Crippen LogP contribution >= 0.6 is 0 Å². The van der Waals surface area contributed by atoms with E-state index in [-0.39, 0.29) is 5.91 Å². The van der Waals surface area contributed by atoms with Crippen LogP contribution in [-0.4, -0.2) is 42.1 Å². The summed E-state index contributed by atoms with van der Waals surface area (Å²) in [4.78, 5) is 25.1. The van der Waals surface area contributed by atoms with E-state index < -0.39 is 0 Å². The molecule has 1 amide bonds. The normalized spacial score (nSPS) is 14.4. The second-order valence-corrected chi connectivity index (χ2v) is 6.23. The van der Waals surface area contributed by atoms with E-state index in [4.69, 9.17) is 0 Å². The summed E-state index contributed by atoms with van der Waals surface area (Å²) in [5.41, 5.74) is 1.92. The van der Waals surface area contributed by atoms with E-state index in [0.717, 1.165) is 45.0 Å². The molecular weight excluding hydrogens is 314 g/mol. The van der Waals surface area contributed by atoms with Crippen LogP contribution in [0.4, 0.5) is 17.3 Å². The summed E-state index contributed by atoms with van der Waals surface area (Å²) in [6, 6.07) is 10.5. The Labute approximate surface area is 148 Å². The Morgan fingerprint density at radius 1 is 1.04 bits per heavy atom. The number of amides is 1. The lowest BCUT2D eigenvalue weighted by atomic mass is 10.2. The SMILES string of the molecule is CCCCC(=O)Nc1cnc(N2CCN(c3ccccc3)CC2)nc1. The van der Waals surface area contributed by atoms with Crippen molar-refractivity contribution in [1.82, 2.24) is 9.97 Å². The highest BCUT2D eigenvalue weighted by Gasteiger charge is 2.19. The van der Waals surface area contributed by atoms with Crippen molar-refractivity contribution in [2.75, 3.05) is 41.3 Å². The third kappa shape index (κ3) is 4.68. The van der Waals surface area contributed by atoms with Gasteiger partial charge in [0.1, 0.15) is 0 Å². The molecule has 25 heavy (non-hydrogen) atoms. The molecule has 2 aromatic rings. The van der Waals surface area contributed by atoms with Gasteiger partial charge in [-0.3, -0.25) is 4.79 Å². The van der Waals surface area contributed by atoms with Crippen molar-refractivity contribution in [3.05, 3.63) is 42.7 Å². The lowest BCUT2D eigenvalue weighted by Gasteiger charge is -2.36. The zero-order valence-corrected chi connectivity index (χ0v) is 14.7. The van der Waals surface area contributed by atoms with Crippen molar-refractivity contribution in [1.29, 1.82) is 0 Å². The first-order chi connectivity index (χ1) is 12.3. The Morgan fingerprint density at radius 3 is 2.32 bits per heavy atom. The van der Waals surface area contributed by atoms with Gasteiger partial charge in [-0.2, -0.15) is 0 Å². The maximum Gasteiger partial charge on any atom is 0.225 e. The number of nitrogens with one attached hydrogen (secondary N) is 1. The molecule has 6 nitrogen and oxygen atoms in total. The maximum atomic E-state index is 11.7. The molecule has 1 N–H and O–H groups in total. The van der Waals surface area contributed by atoms with Crippen LogP contribution in [0, 0.1) is 0 Å². The number of unbranched alkanes of at least 4 members (excludes halogenated alkanes) is 1. The molecule has 3 rings (SSSR count). The Morgan fingerprint density at radius 2 is 1.68 bits per heavy atom. The van der Waals surface area contributed by atoms with Gasteiger partial charge < -0.3 is 15.1 Å². The topological polar surface area (TPSA) is 61.4 Å². The van der Waals surface area contributed by atoms with E-state index in [9.17, 15) is 4.79 Å². The number of rotatable bonds is 6. The number of hydrogen-bond donors (Lipinski definition) is 1. The van der Waals surface area contributed by atoms with E-state index >= 15 is 0 Å². The van der Waals surface area contributed by atoms with Gasteiger partial charge in [-0.1, -0.05) is 31.5 Å². The van der Waals surface area contributed by atoms with Crippen LogP contribution in [-0.2, 0) is 4.79 Å². The number of aromatic nitrogens is 2. The Kier molecular flexibility index (Phi) is 5.82. The first-order valence-electron chi connectivity index (χ1n) is 8.93. The molecule has 1 aromatic heterocycles. The summed E-state index contributed by atoms with van der Waals surface area (Å²) >= 11 is 0. The molecule has 2 heterocycles. The second kappa shape index (κ2) is 8.46. The lowest BCUT2D eigenvalue weighted by molar-refractivity contribution is -0.116. The van der Waals surface area contributed by atoms with Gasteiger partial charge in [0.15, 0.2) is 0 Å². The first-order valence-corrected chi connectivity index (χ1v) is 8.93. The van der Waals surface area contributed by atoms with E-state index in [2.05, 4.69) is 56.3 Å². The average molecular weight is 339 g/mol. The smallest absolute Gasteiger partial charge is 0.225 e. The van der Waals surface area contributed by atoms with E-state index in [1.807, 2.05) is 6.07 Å². The molecule has 0 unspecified atom stereocenters. The molecule has 6 heteroatoms. The fraction of sp³-hybridized carbons (Fsp3) is 0.421. The molecule has 1 fully saturated rings. The van der Waals surface area contributed by atoms with Gasteiger partial charge in [0.2, 0.25) is 11.9 Å². The fourth-order valence-electron chi connectivity index (χ4n) is 2.91. The lowest BCUT2D eigenvalue weighted by Crippen LogP contribution is -2.47. The number of para-hydroxylation sites is 1. The summed E-state index contributed by atoms with van der Waals surface area (Å²) < 4.78 is 0. The summed E-state index contributed by atoms with van der Waals surface area (Å²) in [7, 11) is 0. The standard InChI is InChI=1S/C19H25N5O/c1-2-3-9-18(25)22-16-14-20-19(21-15-16)24-12-10-23(11-13-24)17-7-5-4-6-8-17/h4-8,14-15H,2-3,9-13H2,1H3,(H,22,25). The van der Waals surface area contributed by atoms with Crippen LogP contribution in [0.5, 0.6) is 0 Å². The molecule has 0 radical (unpaired) electrons. The molecule has 0 aliphatic carbocycles. The monoisotopic (exact) mass is 339 g/mol.